The number of rotatable bonds is 8. The molecule has 0 aromatic heterocycles. The summed E-state index contributed by atoms with van der Waals surface area (Å²) in [5.41, 5.74) is 7.16. The molecule has 19 heavy (non-hydrogen) atoms. The van der Waals surface area contributed by atoms with Crippen molar-refractivity contribution < 1.29 is 4.79 Å². The Bertz CT molecular complexity index is 432. The molecule has 0 radical (unpaired) electrons. The molecule has 104 valence electrons. The van der Waals surface area contributed by atoms with E-state index in [0.29, 0.717) is 17.0 Å². The van der Waals surface area contributed by atoms with Crippen LogP contribution in [0.15, 0.2) is 24.3 Å². The summed E-state index contributed by atoms with van der Waals surface area (Å²) in [6.45, 7) is 2.91. The summed E-state index contributed by atoms with van der Waals surface area (Å²) in [6.07, 6.45) is 5.16. The SMILES string of the molecule is CCCCCCNC(=O)c1cccc(CC(N)=S)c1. The number of amides is 1. The number of nitrogens with two attached hydrogens (primary N) is 1. The van der Waals surface area contributed by atoms with Crippen molar-refractivity contribution in [3.8, 4) is 0 Å². The summed E-state index contributed by atoms with van der Waals surface area (Å²) in [6, 6.07) is 7.45. The van der Waals surface area contributed by atoms with Crippen LogP contribution in [0, 0.1) is 0 Å². The highest BCUT2D eigenvalue weighted by Gasteiger charge is 2.05. The van der Waals surface area contributed by atoms with E-state index in [1.807, 2.05) is 24.3 Å². The minimum atomic E-state index is -0.0266. The third-order valence-electron chi connectivity index (χ3n) is 2.88. The molecule has 0 atom stereocenters. The van der Waals surface area contributed by atoms with Gasteiger partial charge >= 0.3 is 0 Å². The number of unbranched alkanes of at least 4 members (excludes halogenated alkanes) is 3. The van der Waals surface area contributed by atoms with Crippen LogP contribution in [0.1, 0.15) is 48.5 Å². The van der Waals surface area contributed by atoms with Gasteiger partial charge in [0.15, 0.2) is 0 Å². The summed E-state index contributed by atoms with van der Waals surface area (Å²) in [5.74, 6) is -0.0266. The first-order chi connectivity index (χ1) is 9.13. The Morgan fingerprint density at radius 2 is 2.11 bits per heavy atom. The predicted octanol–water partition coefficient (Wildman–Crippen LogP) is 2.83. The molecule has 4 heteroatoms. The maximum absolute atomic E-state index is 11.9. The Morgan fingerprint density at radius 3 is 2.79 bits per heavy atom. The molecule has 1 rings (SSSR count). The maximum Gasteiger partial charge on any atom is 0.251 e. The minimum absolute atomic E-state index is 0.0266. The number of hydrogen-bond donors (Lipinski definition) is 2. The van der Waals surface area contributed by atoms with E-state index in [2.05, 4.69) is 12.2 Å². The first-order valence-electron chi connectivity index (χ1n) is 6.79. The topological polar surface area (TPSA) is 55.1 Å². The van der Waals surface area contributed by atoms with E-state index in [9.17, 15) is 4.79 Å². The lowest BCUT2D eigenvalue weighted by atomic mass is 10.1. The van der Waals surface area contributed by atoms with E-state index in [-0.39, 0.29) is 5.91 Å². The summed E-state index contributed by atoms with van der Waals surface area (Å²) in [7, 11) is 0. The molecule has 1 amide bonds. The molecule has 0 spiro atoms. The smallest absolute Gasteiger partial charge is 0.251 e. The van der Waals surface area contributed by atoms with Gasteiger partial charge in [0, 0.05) is 18.5 Å². The van der Waals surface area contributed by atoms with Gasteiger partial charge in [-0.15, -0.1) is 0 Å². The fourth-order valence-corrected chi connectivity index (χ4v) is 2.05. The number of benzene rings is 1. The summed E-state index contributed by atoms with van der Waals surface area (Å²) in [4.78, 5) is 12.4. The van der Waals surface area contributed by atoms with Crippen molar-refractivity contribution in [1.29, 1.82) is 0 Å². The fourth-order valence-electron chi connectivity index (χ4n) is 1.88. The van der Waals surface area contributed by atoms with Gasteiger partial charge in [0.2, 0.25) is 0 Å². The number of thiocarbonyl (C=S) groups is 1. The normalized spacial score (nSPS) is 10.2. The predicted molar refractivity (Wildman–Crippen MR) is 83.4 cm³/mol. The molecule has 0 aliphatic carbocycles. The summed E-state index contributed by atoms with van der Waals surface area (Å²) < 4.78 is 0. The Hall–Kier alpha value is -1.42. The summed E-state index contributed by atoms with van der Waals surface area (Å²) in [5, 5.41) is 2.94. The highest BCUT2D eigenvalue weighted by Crippen LogP contribution is 2.06. The van der Waals surface area contributed by atoms with Crippen molar-refractivity contribution in [2.24, 2.45) is 5.73 Å². The zero-order chi connectivity index (χ0) is 14.1. The highest BCUT2D eigenvalue weighted by molar-refractivity contribution is 7.80. The van der Waals surface area contributed by atoms with Crippen molar-refractivity contribution >= 4 is 23.1 Å². The lowest BCUT2D eigenvalue weighted by Gasteiger charge is -2.06. The molecule has 0 aliphatic heterocycles. The minimum Gasteiger partial charge on any atom is -0.393 e. The second-order valence-corrected chi connectivity index (χ2v) is 5.18. The van der Waals surface area contributed by atoms with Crippen molar-refractivity contribution in [3.63, 3.8) is 0 Å². The zero-order valence-electron chi connectivity index (χ0n) is 11.4. The molecule has 0 saturated heterocycles. The molecule has 0 aliphatic rings. The van der Waals surface area contributed by atoms with Gasteiger partial charge in [0.25, 0.3) is 5.91 Å². The van der Waals surface area contributed by atoms with Crippen LogP contribution in [-0.4, -0.2) is 17.4 Å². The van der Waals surface area contributed by atoms with E-state index in [4.69, 9.17) is 18.0 Å². The standard InChI is InChI=1S/C15H22N2OS/c1-2-3-4-5-9-17-15(18)13-8-6-7-12(10-13)11-14(16)19/h6-8,10H,2-5,9,11H2,1H3,(H2,16,19)(H,17,18). The molecule has 0 heterocycles. The Kier molecular flexibility index (Phi) is 7.11. The van der Waals surface area contributed by atoms with E-state index in [1.165, 1.54) is 12.8 Å². The van der Waals surface area contributed by atoms with Crippen molar-refractivity contribution in [3.05, 3.63) is 35.4 Å². The molecule has 0 fully saturated rings. The zero-order valence-corrected chi connectivity index (χ0v) is 12.3. The van der Waals surface area contributed by atoms with Crippen LogP contribution >= 0.6 is 12.2 Å². The molecular weight excluding hydrogens is 256 g/mol. The Balaban J connectivity index is 2.45. The summed E-state index contributed by atoms with van der Waals surface area (Å²) >= 11 is 4.87. The highest BCUT2D eigenvalue weighted by atomic mass is 32.1. The monoisotopic (exact) mass is 278 g/mol. The van der Waals surface area contributed by atoms with Crippen molar-refractivity contribution in [2.45, 2.75) is 39.0 Å². The number of carbonyl (C=O) groups excluding carboxylic acids is 1. The molecule has 0 unspecified atom stereocenters. The third kappa shape index (κ3) is 6.34. The second kappa shape index (κ2) is 8.64. The van der Waals surface area contributed by atoms with E-state index >= 15 is 0 Å². The first-order valence-corrected chi connectivity index (χ1v) is 7.19. The van der Waals surface area contributed by atoms with Crippen LogP contribution in [0.25, 0.3) is 0 Å². The van der Waals surface area contributed by atoms with Gasteiger partial charge in [0.1, 0.15) is 0 Å². The Morgan fingerprint density at radius 1 is 1.32 bits per heavy atom. The first kappa shape index (κ1) is 15.6. The maximum atomic E-state index is 11.9. The van der Waals surface area contributed by atoms with Crippen LogP contribution in [0.2, 0.25) is 0 Å². The number of hydrogen-bond acceptors (Lipinski definition) is 2. The van der Waals surface area contributed by atoms with Gasteiger partial charge in [-0.05, 0) is 24.1 Å². The van der Waals surface area contributed by atoms with Gasteiger partial charge < -0.3 is 11.1 Å². The van der Waals surface area contributed by atoms with E-state index in [1.54, 1.807) is 0 Å². The largest absolute Gasteiger partial charge is 0.393 e. The van der Waals surface area contributed by atoms with Crippen molar-refractivity contribution in [2.75, 3.05) is 6.54 Å². The molecule has 1 aromatic rings. The molecule has 1 aromatic carbocycles. The quantitative estimate of drug-likeness (QED) is 0.568. The third-order valence-corrected chi connectivity index (χ3v) is 3.03. The van der Waals surface area contributed by atoms with Crippen molar-refractivity contribution in [1.82, 2.24) is 5.32 Å². The molecule has 0 bridgehead atoms. The molecule has 3 N–H and O–H groups in total. The molecule has 0 saturated carbocycles. The van der Waals surface area contributed by atoms with Gasteiger partial charge in [-0.2, -0.15) is 0 Å². The molecular formula is C15H22N2OS. The Labute approximate surface area is 120 Å². The van der Waals surface area contributed by atoms with Gasteiger partial charge in [0.05, 0.1) is 4.99 Å². The van der Waals surface area contributed by atoms with Crippen LogP contribution < -0.4 is 11.1 Å². The van der Waals surface area contributed by atoms with Gasteiger partial charge in [-0.3, -0.25) is 4.79 Å². The number of carbonyl (C=O) groups is 1. The average molecular weight is 278 g/mol. The lowest BCUT2D eigenvalue weighted by Crippen LogP contribution is -2.24. The second-order valence-electron chi connectivity index (χ2n) is 4.66. The van der Waals surface area contributed by atoms with Gasteiger partial charge in [-0.1, -0.05) is 50.5 Å². The average Bonchev–Trinajstić information content (AvgIpc) is 2.38. The lowest BCUT2D eigenvalue weighted by molar-refractivity contribution is 0.0953. The van der Waals surface area contributed by atoms with Crippen LogP contribution in [-0.2, 0) is 6.42 Å². The van der Waals surface area contributed by atoms with E-state index in [0.717, 1.165) is 24.9 Å². The van der Waals surface area contributed by atoms with Crippen LogP contribution in [0.4, 0.5) is 0 Å². The van der Waals surface area contributed by atoms with Gasteiger partial charge in [-0.25, -0.2) is 0 Å². The fraction of sp³-hybridized carbons (Fsp3) is 0.467. The number of nitrogens with one attached hydrogen (secondary N) is 1. The van der Waals surface area contributed by atoms with Crippen LogP contribution in [0.3, 0.4) is 0 Å². The molecule has 3 nitrogen and oxygen atoms in total. The van der Waals surface area contributed by atoms with Crippen LogP contribution in [0.5, 0.6) is 0 Å². The van der Waals surface area contributed by atoms with E-state index < -0.39 is 0 Å².